The lowest BCUT2D eigenvalue weighted by molar-refractivity contribution is 0.101. The Bertz CT molecular complexity index is 1100. The van der Waals surface area contributed by atoms with Gasteiger partial charge in [0.25, 0.3) is 5.91 Å². The fraction of sp³-hybridized carbons (Fsp3) is 0.0952. The average molecular weight is 390 g/mol. The standard InChI is InChI=1S/C21H18N4O2S/c1-14-19(15-9-5-3-6-10-15)28-21(22-14)23-20(26)18-17(27-2)13-25(24-18)16-11-7-4-8-12-16/h3-13H,1-2H3,(H,22,23,26). The van der Waals surface area contributed by atoms with Crippen LogP contribution in [0.5, 0.6) is 5.75 Å². The molecule has 28 heavy (non-hydrogen) atoms. The summed E-state index contributed by atoms with van der Waals surface area (Å²) in [6, 6.07) is 19.5. The molecule has 0 aliphatic heterocycles. The zero-order valence-corrected chi connectivity index (χ0v) is 16.2. The third kappa shape index (κ3) is 3.52. The maximum atomic E-state index is 12.8. The van der Waals surface area contributed by atoms with E-state index in [-0.39, 0.29) is 11.6 Å². The van der Waals surface area contributed by atoms with Crippen LogP contribution in [-0.4, -0.2) is 27.8 Å². The van der Waals surface area contributed by atoms with Gasteiger partial charge in [-0.3, -0.25) is 10.1 Å². The highest BCUT2D eigenvalue weighted by molar-refractivity contribution is 7.19. The number of anilines is 1. The van der Waals surface area contributed by atoms with Crippen molar-refractivity contribution in [1.82, 2.24) is 14.8 Å². The first-order chi connectivity index (χ1) is 13.7. The van der Waals surface area contributed by atoms with Crippen molar-refractivity contribution < 1.29 is 9.53 Å². The molecule has 0 bridgehead atoms. The maximum absolute atomic E-state index is 12.8. The Hall–Kier alpha value is -3.45. The highest BCUT2D eigenvalue weighted by Gasteiger charge is 2.20. The van der Waals surface area contributed by atoms with E-state index in [9.17, 15) is 4.79 Å². The van der Waals surface area contributed by atoms with Gasteiger partial charge in [0.05, 0.1) is 29.6 Å². The van der Waals surface area contributed by atoms with Gasteiger partial charge in [-0.1, -0.05) is 59.9 Å². The molecule has 4 rings (SSSR count). The van der Waals surface area contributed by atoms with Crippen LogP contribution in [0.15, 0.2) is 66.9 Å². The van der Waals surface area contributed by atoms with E-state index in [0.717, 1.165) is 21.8 Å². The van der Waals surface area contributed by atoms with Gasteiger partial charge in [-0.25, -0.2) is 9.67 Å². The van der Waals surface area contributed by atoms with E-state index in [0.29, 0.717) is 10.9 Å². The van der Waals surface area contributed by atoms with Gasteiger partial charge in [0.15, 0.2) is 16.6 Å². The molecule has 0 radical (unpaired) electrons. The number of rotatable bonds is 5. The molecule has 2 aromatic heterocycles. The van der Waals surface area contributed by atoms with E-state index in [2.05, 4.69) is 15.4 Å². The van der Waals surface area contributed by atoms with Gasteiger partial charge >= 0.3 is 0 Å². The first-order valence-electron chi connectivity index (χ1n) is 8.69. The third-order valence-corrected chi connectivity index (χ3v) is 5.31. The molecule has 0 saturated heterocycles. The Morgan fingerprint density at radius 2 is 1.75 bits per heavy atom. The molecule has 2 aromatic carbocycles. The number of thiazole rings is 1. The molecule has 0 aliphatic carbocycles. The van der Waals surface area contributed by atoms with Crippen LogP contribution in [-0.2, 0) is 0 Å². The van der Waals surface area contributed by atoms with Crippen LogP contribution in [0.3, 0.4) is 0 Å². The second-order valence-corrected chi connectivity index (χ2v) is 7.08. The average Bonchev–Trinajstić information content (AvgIpc) is 3.33. The number of benzene rings is 2. The summed E-state index contributed by atoms with van der Waals surface area (Å²) in [7, 11) is 1.52. The monoisotopic (exact) mass is 390 g/mol. The van der Waals surface area contributed by atoms with Crippen molar-refractivity contribution in [2.45, 2.75) is 6.92 Å². The topological polar surface area (TPSA) is 69.0 Å². The van der Waals surface area contributed by atoms with Crippen molar-refractivity contribution in [3.63, 3.8) is 0 Å². The van der Waals surface area contributed by atoms with E-state index in [1.54, 1.807) is 10.9 Å². The van der Waals surface area contributed by atoms with E-state index in [1.165, 1.54) is 18.4 Å². The summed E-state index contributed by atoms with van der Waals surface area (Å²) < 4.78 is 6.96. The highest BCUT2D eigenvalue weighted by Crippen LogP contribution is 2.33. The first kappa shape index (κ1) is 17.9. The van der Waals surface area contributed by atoms with Crippen molar-refractivity contribution in [1.29, 1.82) is 0 Å². The second-order valence-electron chi connectivity index (χ2n) is 6.08. The molecule has 7 heteroatoms. The van der Waals surface area contributed by atoms with E-state index < -0.39 is 0 Å². The number of nitrogens with one attached hydrogen (secondary N) is 1. The van der Waals surface area contributed by atoms with E-state index >= 15 is 0 Å². The molecule has 0 atom stereocenters. The largest absolute Gasteiger partial charge is 0.493 e. The molecule has 0 fully saturated rings. The van der Waals surface area contributed by atoms with E-state index in [1.807, 2.05) is 67.6 Å². The van der Waals surface area contributed by atoms with Crippen molar-refractivity contribution in [2.75, 3.05) is 12.4 Å². The molecule has 0 aliphatic rings. The minimum Gasteiger partial charge on any atom is -0.493 e. The number of amides is 1. The van der Waals surface area contributed by atoms with Gasteiger partial charge in [-0.05, 0) is 24.6 Å². The molecule has 0 spiro atoms. The molecule has 0 unspecified atom stereocenters. The van der Waals surface area contributed by atoms with Crippen LogP contribution < -0.4 is 10.1 Å². The number of methoxy groups -OCH3 is 1. The van der Waals surface area contributed by atoms with Crippen LogP contribution >= 0.6 is 11.3 Å². The van der Waals surface area contributed by atoms with Crippen LogP contribution in [0.25, 0.3) is 16.1 Å². The van der Waals surface area contributed by atoms with Crippen molar-refractivity contribution >= 4 is 22.4 Å². The number of hydrogen-bond acceptors (Lipinski definition) is 5. The fourth-order valence-corrected chi connectivity index (χ4v) is 3.81. The fourth-order valence-electron chi connectivity index (χ4n) is 2.84. The molecular weight excluding hydrogens is 372 g/mol. The normalized spacial score (nSPS) is 10.6. The Morgan fingerprint density at radius 1 is 1.07 bits per heavy atom. The van der Waals surface area contributed by atoms with Gasteiger partial charge < -0.3 is 4.74 Å². The lowest BCUT2D eigenvalue weighted by Crippen LogP contribution is -2.14. The second kappa shape index (κ2) is 7.66. The van der Waals surface area contributed by atoms with Crippen LogP contribution in [0.1, 0.15) is 16.2 Å². The van der Waals surface area contributed by atoms with Gasteiger partial charge in [-0.2, -0.15) is 5.10 Å². The summed E-state index contributed by atoms with van der Waals surface area (Å²) in [5.41, 5.74) is 2.99. The zero-order chi connectivity index (χ0) is 19.5. The predicted octanol–water partition coefficient (Wildman–Crippen LogP) is 4.57. The minimum atomic E-state index is -0.361. The maximum Gasteiger partial charge on any atom is 0.281 e. The lowest BCUT2D eigenvalue weighted by Gasteiger charge is -2.01. The van der Waals surface area contributed by atoms with Crippen molar-refractivity contribution in [3.05, 3.63) is 78.2 Å². The Balaban J connectivity index is 1.60. The number of ether oxygens (including phenoxy) is 1. The summed E-state index contributed by atoms with van der Waals surface area (Å²) >= 11 is 1.43. The number of para-hydroxylation sites is 1. The van der Waals surface area contributed by atoms with Crippen molar-refractivity contribution in [3.8, 4) is 21.9 Å². The lowest BCUT2D eigenvalue weighted by atomic mass is 10.2. The Kier molecular flexibility index (Phi) is 4.90. The van der Waals surface area contributed by atoms with Crippen LogP contribution in [0, 0.1) is 6.92 Å². The van der Waals surface area contributed by atoms with Crippen LogP contribution in [0.2, 0.25) is 0 Å². The van der Waals surface area contributed by atoms with Gasteiger partial charge in [0, 0.05) is 0 Å². The van der Waals surface area contributed by atoms with Crippen LogP contribution in [0.4, 0.5) is 5.13 Å². The summed E-state index contributed by atoms with van der Waals surface area (Å²) in [5, 5.41) is 7.76. The quantitative estimate of drug-likeness (QED) is 0.542. The first-order valence-corrected chi connectivity index (χ1v) is 9.50. The number of aryl methyl sites for hydroxylation is 1. The van der Waals surface area contributed by atoms with Crippen molar-refractivity contribution in [2.24, 2.45) is 0 Å². The summed E-state index contributed by atoms with van der Waals surface area (Å²) in [6.45, 7) is 1.93. The Morgan fingerprint density at radius 3 is 2.43 bits per heavy atom. The van der Waals surface area contributed by atoms with E-state index in [4.69, 9.17) is 4.74 Å². The SMILES string of the molecule is COc1cn(-c2ccccc2)nc1C(=O)Nc1nc(C)c(-c2ccccc2)s1. The molecule has 4 aromatic rings. The number of aromatic nitrogens is 3. The number of hydrogen-bond donors (Lipinski definition) is 1. The number of carbonyl (C=O) groups is 1. The van der Waals surface area contributed by atoms with Gasteiger partial charge in [-0.15, -0.1) is 0 Å². The predicted molar refractivity (Wildman–Crippen MR) is 110 cm³/mol. The molecule has 140 valence electrons. The number of nitrogens with zero attached hydrogens (tertiary/aromatic N) is 3. The Labute approximate surface area is 166 Å². The highest BCUT2D eigenvalue weighted by atomic mass is 32.1. The molecule has 1 amide bonds. The molecule has 1 N–H and O–H groups in total. The summed E-state index contributed by atoms with van der Waals surface area (Å²) in [6.07, 6.45) is 1.69. The third-order valence-electron chi connectivity index (χ3n) is 4.19. The van der Waals surface area contributed by atoms with Gasteiger partial charge in [0.1, 0.15) is 0 Å². The zero-order valence-electron chi connectivity index (χ0n) is 15.4. The molecular formula is C21H18N4O2S. The molecule has 0 saturated carbocycles. The van der Waals surface area contributed by atoms with Gasteiger partial charge in [0.2, 0.25) is 0 Å². The summed E-state index contributed by atoms with van der Waals surface area (Å²) in [4.78, 5) is 18.3. The minimum absolute atomic E-state index is 0.209. The molecule has 2 heterocycles. The summed E-state index contributed by atoms with van der Waals surface area (Å²) in [5.74, 6) is 0.0396. The smallest absolute Gasteiger partial charge is 0.281 e. The molecule has 6 nitrogen and oxygen atoms in total. The number of carbonyl (C=O) groups excluding carboxylic acids is 1.